The highest BCUT2D eigenvalue weighted by molar-refractivity contribution is 7.10. The van der Waals surface area contributed by atoms with Gasteiger partial charge in [0.2, 0.25) is 11.8 Å². The summed E-state index contributed by atoms with van der Waals surface area (Å²) in [5, 5.41) is 4.91. The highest BCUT2D eigenvalue weighted by Crippen LogP contribution is 2.30. The molecule has 2 amide bonds. The van der Waals surface area contributed by atoms with Crippen molar-refractivity contribution in [2.45, 2.75) is 57.8 Å². The SMILES string of the molecule is CCCC(NC(=O)CCc1ccc(OCC(F)(F)F)c(OC)c1)C(=O)N1CCc2sccc2C1. The third kappa shape index (κ3) is 7.12. The number of halogens is 3. The quantitative estimate of drug-likeness (QED) is 0.524. The van der Waals surface area contributed by atoms with Crippen LogP contribution in [0, 0.1) is 0 Å². The van der Waals surface area contributed by atoms with Gasteiger partial charge >= 0.3 is 6.18 Å². The van der Waals surface area contributed by atoms with Crippen LogP contribution in [0.3, 0.4) is 0 Å². The van der Waals surface area contributed by atoms with Gasteiger partial charge in [0.25, 0.3) is 0 Å². The minimum atomic E-state index is -4.45. The highest BCUT2D eigenvalue weighted by atomic mass is 32.1. The Morgan fingerprint density at radius 2 is 2.03 bits per heavy atom. The first-order valence-electron chi connectivity index (χ1n) is 11.2. The average Bonchev–Trinajstić information content (AvgIpc) is 3.28. The molecule has 0 saturated carbocycles. The van der Waals surface area contributed by atoms with Gasteiger partial charge in [-0.25, -0.2) is 0 Å². The third-order valence-corrected chi connectivity index (χ3v) is 6.61. The molecule has 1 aromatic carbocycles. The van der Waals surface area contributed by atoms with Crippen molar-refractivity contribution in [2.24, 2.45) is 0 Å². The summed E-state index contributed by atoms with van der Waals surface area (Å²) < 4.78 is 47.2. The number of hydrogen-bond donors (Lipinski definition) is 1. The molecule has 1 aromatic heterocycles. The first-order chi connectivity index (χ1) is 16.2. The van der Waals surface area contributed by atoms with Gasteiger partial charge in [-0.3, -0.25) is 9.59 Å². The van der Waals surface area contributed by atoms with Gasteiger partial charge in [-0.2, -0.15) is 13.2 Å². The second kappa shape index (κ2) is 11.6. The van der Waals surface area contributed by atoms with Crippen LogP contribution >= 0.6 is 11.3 Å². The number of fused-ring (bicyclic) bond motifs is 1. The number of rotatable bonds is 10. The molecule has 1 atom stereocenters. The van der Waals surface area contributed by atoms with Crippen molar-refractivity contribution >= 4 is 23.2 Å². The van der Waals surface area contributed by atoms with Gasteiger partial charge in [0, 0.05) is 24.4 Å². The number of nitrogens with one attached hydrogen (secondary N) is 1. The molecule has 1 unspecified atom stereocenters. The molecule has 3 rings (SSSR count). The maximum atomic E-state index is 13.1. The van der Waals surface area contributed by atoms with E-state index in [1.807, 2.05) is 18.4 Å². The molecule has 0 radical (unpaired) electrons. The second-order valence-electron chi connectivity index (χ2n) is 8.18. The molecule has 1 aliphatic rings. The number of hydrogen-bond acceptors (Lipinski definition) is 5. The second-order valence-corrected chi connectivity index (χ2v) is 9.18. The molecule has 2 heterocycles. The van der Waals surface area contributed by atoms with Crippen LogP contribution in [0.5, 0.6) is 11.5 Å². The number of ether oxygens (including phenoxy) is 2. The third-order valence-electron chi connectivity index (χ3n) is 5.59. The predicted octanol–water partition coefficient (Wildman–Crippen LogP) is 4.50. The first kappa shape index (κ1) is 25.9. The normalized spacial score (nSPS) is 14.3. The number of benzene rings is 1. The van der Waals surface area contributed by atoms with E-state index in [0.717, 1.165) is 12.8 Å². The Kier molecular flexibility index (Phi) is 8.82. The summed E-state index contributed by atoms with van der Waals surface area (Å²) in [5.74, 6) is -0.174. The van der Waals surface area contributed by atoms with Crippen LogP contribution in [0.25, 0.3) is 0 Å². The fourth-order valence-electron chi connectivity index (χ4n) is 3.87. The number of amides is 2. The van der Waals surface area contributed by atoms with Gasteiger partial charge in [0.15, 0.2) is 18.1 Å². The summed E-state index contributed by atoms with van der Waals surface area (Å²) in [7, 11) is 1.34. The van der Waals surface area contributed by atoms with Gasteiger partial charge in [-0.15, -0.1) is 11.3 Å². The summed E-state index contributed by atoms with van der Waals surface area (Å²) in [4.78, 5) is 28.8. The minimum Gasteiger partial charge on any atom is -0.493 e. The van der Waals surface area contributed by atoms with Gasteiger partial charge < -0.3 is 19.7 Å². The van der Waals surface area contributed by atoms with Gasteiger partial charge in [0.05, 0.1) is 7.11 Å². The zero-order valence-corrected chi connectivity index (χ0v) is 20.1. The summed E-state index contributed by atoms with van der Waals surface area (Å²) >= 11 is 1.71. The Morgan fingerprint density at radius 3 is 2.74 bits per heavy atom. The Balaban J connectivity index is 1.55. The fourth-order valence-corrected chi connectivity index (χ4v) is 4.76. The number of aryl methyl sites for hydroxylation is 1. The standard InChI is InChI=1S/C24H29F3N2O4S/c1-3-4-18(23(31)29-11-9-21-17(14-29)10-12-34-21)28-22(30)8-6-16-5-7-19(20(13-16)32-2)33-15-24(25,26)27/h5,7,10,12-13,18H,3-4,6,8-9,11,14-15H2,1-2H3,(H,28,30). The number of thiophene rings is 1. The van der Waals surface area contributed by atoms with Crippen LogP contribution in [0.4, 0.5) is 13.2 Å². The van der Waals surface area contributed by atoms with Crippen molar-refractivity contribution in [3.05, 3.63) is 45.6 Å². The molecule has 10 heteroatoms. The highest BCUT2D eigenvalue weighted by Gasteiger charge is 2.30. The van der Waals surface area contributed by atoms with E-state index in [2.05, 4.69) is 5.32 Å². The van der Waals surface area contributed by atoms with E-state index < -0.39 is 18.8 Å². The molecule has 0 bridgehead atoms. The zero-order chi connectivity index (χ0) is 24.7. The largest absolute Gasteiger partial charge is 0.493 e. The lowest BCUT2D eigenvalue weighted by molar-refractivity contribution is -0.153. The summed E-state index contributed by atoms with van der Waals surface area (Å²) in [5.41, 5.74) is 1.88. The fraction of sp³-hybridized carbons (Fsp3) is 0.500. The van der Waals surface area contributed by atoms with E-state index in [-0.39, 0.29) is 29.7 Å². The van der Waals surface area contributed by atoms with Crippen LogP contribution in [0.15, 0.2) is 29.6 Å². The zero-order valence-electron chi connectivity index (χ0n) is 19.2. The lowest BCUT2D eigenvalue weighted by Crippen LogP contribution is -2.49. The van der Waals surface area contributed by atoms with E-state index in [1.54, 1.807) is 28.4 Å². The van der Waals surface area contributed by atoms with Gasteiger partial charge in [-0.05, 0) is 54.0 Å². The van der Waals surface area contributed by atoms with Gasteiger partial charge in [0.1, 0.15) is 6.04 Å². The van der Waals surface area contributed by atoms with Crippen molar-refractivity contribution in [2.75, 3.05) is 20.3 Å². The van der Waals surface area contributed by atoms with E-state index in [1.165, 1.54) is 23.6 Å². The topological polar surface area (TPSA) is 67.9 Å². The maximum Gasteiger partial charge on any atom is 0.422 e. The van der Waals surface area contributed by atoms with Crippen LogP contribution in [-0.4, -0.2) is 49.2 Å². The number of alkyl halides is 3. The number of carbonyl (C=O) groups excluding carboxylic acids is 2. The molecular formula is C24H29F3N2O4S. The molecule has 2 aromatic rings. The molecule has 1 aliphatic heterocycles. The van der Waals surface area contributed by atoms with Gasteiger partial charge in [-0.1, -0.05) is 19.4 Å². The molecule has 0 spiro atoms. The summed E-state index contributed by atoms with van der Waals surface area (Å²) in [6, 6.07) is 6.02. The lowest BCUT2D eigenvalue weighted by atomic mass is 10.1. The monoisotopic (exact) mass is 498 g/mol. The van der Waals surface area contributed by atoms with Crippen molar-refractivity contribution in [3.8, 4) is 11.5 Å². The van der Waals surface area contributed by atoms with Crippen LogP contribution < -0.4 is 14.8 Å². The smallest absolute Gasteiger partial charge is 0.422 e. The predicted molar refractivity (Wildman–Crippen MR) is 123 cm³/mol. The lowest BCUT2D eigenvalue weighted by Gasteiger charge is -2.31. The van der Waals surface area contributed by atoms with E-state index in [0.29, 0.717) is 31.5 Å². The number of nitrogens with zero attached hydrogens (tertiary/aromatic N) is 1. The molecule has 186 valence electrons. The van der Waals surface area contributed by atoms with Crippen LogP contribution in [-0.2, 0) is 29.0 Å². The number of carbonyl (C=O) groups is 2. The van der Waals surface area contributed by atoms with E-state index in [9.17, 15) is 22.8 Å². The summed E-state index contributed by atoms with van der Waals surface area (Å²) in [6.45, 7) is 1.76. The minimum absolute atomic E-state index is 0.0167. The van der Waals surface area contributed by atoms with Crippen molar-refractivity contribution < 1.29 is 32.2 Å². The molecule has 1 N–H and O–H groups in total. The maximum absolute atomic E-state index is 13.1. The Bertz CT molecular complexity index is 993. The molecule has 0 fully saturated rings. The molecule has 0 aliphatic carbocycles. The van der Waals surface area contributed by atoms with Crippen LogP contribution in [0.1, 0.15) is 42.2 Å². The Labute approximate surface area is 201 Å². The van der Waals surface area contributed by atoms with E-state index >= 15 is 0 Å². The van der Waals surface area contributed by atoms with Crippen LogP contribution in [0.2, 0.25) is 0 Å². The van der Waals surface area contributed by atoms with Crippen molar-refractivity contribution in [1.29, 1.82) is 0 Å². The van der Waals surface area contributed by atoms with Crippen molar-refractivity contribution in [3.63, 3.8) is 0 Å². The number of methoxy groups -OCH3 is 1. The summed E-state index contributed by atoms with van der Waals surface area (Å²) in [6.07, 6.45) is -1.84. The first-order valence-corrected chi connectivity index (χ1v) is 12.1. The molecular weight excluding hydrogens is 469 g/mol. The molecule has 6 nitrogen and oxygen atoms in total. The Hall–Kier alpha value is -2.75. The van der Waals surface area contributed by atoms with Crippen molar-refractivity contribution in [1.82, 2.24) is 10.2 Å². The molecule has 0 saturated heterocycles. The average molecular weight is 499 g/mol. The van der Waals surface area contributed by atoms with E-state index in [4.69, 9.17) is 9.47 Å². The Morgan fingerprint density at radius 1 is 1.24 bits per heavy atom. The molecule has 34 heavy (non-hydrogen) atoms.